The molecule has 9 nitrogen and oxygen atoms in total. The highest BCUT2D eigenvalue weighted by molar-refractivity contribution is 7.89. The molecule has 0 radical (unpaired) electrons. The summed E-state index contributed by atoms with van der Waals surface area (Å²) >= 11 is 0. The van der Waals surface area contributed by atoms with Crippen molar-refractivity contribution in [2.45, 2.75) is 31.3 Å². The predicted molar refractivity (Wildman–Crippen MR) is 117 cm³/mol. The van der Waals surface area contributed by atoms with Crippen LogP contribution in [-0.2, 0) is 26.2 Å². The number of amides is 2. The molecular formula is C21H23N5O4S. The van der Waals surface area contributed by atoms with E-state index < -0.39 is 22.0 Å². The van der Waals surface area contributed by atoms with Gasteiger partial charge in [0.05, 0.1) is 17.5 Å². The van der Waals surface area contributed by atoms with E-state index in [2.05, 4.69) is 20.5 Å². The van der Waals surface area contributed by atoms with Gasteiger partial charge in [-0.3, -0.25) is 14.3 Å². The van der Waals surface area contributed by atoms with Crippen LogP contribution < -0.4 is 15.4 Å². The highest BCUT2D eigenvalue weighted by atomic mass is 32.2. The van der Waals surface area contributed by atoms with Gasteiger partial charge in [-0.15, -0.1) is 0 Å². The van der Waals surface area contributed by atoms with Gasteiger partial charge in [-0.1, -0.05) is 12.1 Å². The zero-order chi connectivity index (χ0) is 22.4. The van der Waals surface area contributed by atoms with Crippen molar-refractivity contribution in [3.8, 4) is 0 Å². The number of rotatable bonds is 8. The monoisotopic (exact) mass is 441 g/mol. The van der Waals surface area contributed by atoms with Crippen LogP contribution in [0.3, 0.4) is 0 Å². The summed E-state index contributed by atoms with van der Waals surface area (Å²) in [5.74, 6) is -0.744. The molecule has 0 saturated carbocycles. The summed E-state index contributed by atoms with van der Waals surface area (Å²) in [6, 6.07) is 13.7. The second-order valence-electron chi connectivity index (χ2n) is 6.94. The number of nitrogens with one attached hydrogen (secondary N) is 3. The van der Waals surface area contributed by atoms with E-state index in [1.807, 2.05) is 24.4 Å². The van der Waals surface area contributed by atoms with Gasteiger partial charge < -0.3 is 10.6 Å². The minimum atomic E-state index is -3.91. The van der Waals surface area contributed by atoms with Gasteiger partial charge in [0.2, 0.25) is 21.8 Å². The maximum absolute atomic E-state index is 12.5. The van der Waals surface area contributed by atoms with E-state index in [-0.39, 0.29) is 10.8 Å². The minimum absolute atomic E-state index is 0.00998. The van der Waals surface area contributed by atoms with E-state index in [0.29, 0.717) is 17.9 Å². The molecular weight excluding hydrogens is 418 g/mol. The zero-order valence-electron chi connectivity index (χ0n) is 17.1. The van der Waals surface area contributed by atoms with Crippen molar-refractivity contribution in [2.75, 3.05) is 10.6 Å². The molecule has 3 rings (SSSR count). The number of hydrogen-bond acceptors (Lipinski definition) is 5. The topological polar surface area (TPSA) is 122 Å². The van der Waals surface area contributed by atoms with Crippen molar-refractivity contribution < 1.29 is 18.0 Å². The third-order valence-corrected chi connectivity index (χ3v) is 5.89. The average molecular weight is 442 g/mol. The van der Waals surface area contributed by atoms with Crippen molar-refractivity contribution in [1.82, 2.24) is 14.5 Å². The van der Waals surface area contributed by atoms with Gasteiger partial charge in [-0.25, -0.2) is 8.42 Å². The molecule has 0 aliphatic heterocycles. The first-order valence-corrected chi connectivity index (χ1v) is 11.0. The molecule has 1 aromatic heterocycles. The Morgan fingerprint density at radius 2 is 1.61 bits per heavy atom. The molecule has 2 amide bonds. The second-order valence-corrected chi connectivity index (χ2v) is 8.65. The first-order valence-electron chi connectivity index (χ1n) is 9.50. The van der Waals surface area contributed by atoms with Crippen LogP contribution in [0.25, 0.3) is 0 Å². The van der Waals surface area contributed by atoms with Gasteiger partial charge in [0, 0.05) is 30.7 Å². The summed E-state index contributed by atoms with van der Waals surface area (Å²) in [6.45, 7) is 3.43. The van der Waals surface area contributed by atoms with E-state index in [1.165, 1.54) is 38.1 Å². The molecule has 3 N–H and O–H groups in total. The number of anilines is 2. The van der Waals surface area contributed by atoms with E-state index >= 15 is 0 Å². The molecule has 0 unspecified atom stereocenters. The minimum Gasteiger partial charge on any atom is -0.326 e. The van der Waals surface area contributed by atoms with Gasteiger partial charge >= 0.3 is 0 Å². The van der Waals surface area contributed by atoms with E-state index in [4.69, 9.17) is 0 Å². The number of carbonyl (C=O) groups excluding carboxylic acids is 2. The van der Waals surface area contributed by atoms with Crippen LogP contribution in [0.2, 0.25) is 0 Å². The van der Waals surface area contributed by atoms with Crippen LogP contribution in [-0.4, -0.2) is 36.1 Å². The third kappa shape index (κ3) is 6.24. The normalized spacial score (nSPS) is 12.2. The fraction of sp³-hybridized carbons (Fsp3) is 0.190. The molecule has 0 spiro atoms. The Labute approximate surface area is 180 Å². The number of hydrogen-bond donors (Lipinski definition) is 3. The largest absolute Gasteiger partial charge is 0.326 e. The molecule has 2 aromatic carbocycles. The third-order valence-electron chi connectivity index (χ3n) is 4.34. The molecule has 0 fully saturated rings. The number of aromatic nitrogens is 2. The first-order chi connectivity index (χ1) is 14.7. The Kier molecular flexibility index (Phi) is 6.83. The Morgan fingerprint density at radius 1 is 1.00 bits per heavy atom. The van der Waals surface area contributed by atoms with Gasteiger partial charge in [0.1, 0.15) is 0 Å². The molecule has 1 atom stereocenters. The van der Waals surface area contributed by atoms with Gasteiger partial charge in [-0.05, 0) is 55.0 Å². The first kappa shape index (κ1) is 22.2. The molecule has 10 heteroatoms. The quantitative estimate of drug-likeness (QED) is 0.495. The Morgan fingerprint density at radius 3 is 2.19 bits per heavy atom. The van der Waals surface area contributed by atoms with Gasteiger partial charge in [-0.2, -0.15) is 9.82 Å². The summed E-state index contributed by atoms with van der Waals surface area (Å²) in [6.07, 6.45) is 3.56. The fourth-order valence-corrected chi connectivity index (χ4v) is 4.00. The standard InChI is InChI=1S/C21H23N5O4S/c1-15(25-31(29,30)20-10-8-18(9-11-20)23-16(2)27)21(28)24-19-6-4-17(5-7-19)14-26-13-3-12-22-26/h3-13,15,25H,14H2,1-2H3,(H,23,27)(H,24,28)/t15-/m0/s1. The summed E-state index contributed by atoms with van der Waals surface area (Å²) in [5.41, 5.74) is 2.05. The molecule has 162 valence electrons. The maximum atomic E-state index is 12.5. The molecule has 0 aliphatic rings. The molecule has 31 heavy (non-hydrogen) atoms. The van der Waals surface area contributed by atoms with Crippen molar-refractivity contribution in [3.05, 3.63) is 72.6 Å². The van der Waals surface area contributed by atoms with Crippen LogP contribution in [0.1, 0.15) is 19.4 Å². The lowest BCUT2D eigenvalue weighted by molar-refractivity contribution is -0.117. The van der Waals surface area contributed by atoms with Crippen molar-refractivity contribution in [3.63, 3.8) is 0 Å². The zero-order valence-corrected chi connectivity index (χ0v) is 17.9. The number of sulfonamides is 1. The van der Waals surface area contributed by atoms with Crippen LogP contribution in [0.4, 0.5) is 11.4 Å². The SMILES string of the molecule is CC(=O)Nc1ccc(S(=O)(=O)N[C@@H](C)C(=O)Nc2ccc(Cn3cccn3)cc2)cc1. The molecule has 1 heterocycles. The number of benzene rings is 2. The Bertz CT molecular complexity index is 1140. The van der Waals surface area contributed by atoms with Crippen molar-refractivity contribution in [2.24, 2.45) is 0 Å². The Hall–Kier alpha value is -3.50. The van der Waals surface area contributed by atoms with Crippen molar-refractivity contribution in [1.29, 1.82) is 0 Å². The van der Waals surface area contributed by atoms with Crippen molar-refractivity contribution >= 4 is 33.2 Å². The van der Waals surface area contributed by atoms with Crippen LogP contribution >= 0.6 is 0 Å². The molecule has 0 aliphatic carbocycles. The smallest absolute Gasteiger partial charge is 0.242 e. The second kappa shape index (κ2) is 9.54. The number of carbonyl (C=O) groups is 2. The highest BCUT2D eigenvalue weighted by Gasteiger charge is 2.22. The average Bonchev–Trinajstić information content (AvgIpc) is 3.22. The summed E-state index contributed by atoms with van der Waals surface area (Å²) in [4.78, 5) is 23.5. The van der Waals surface area contributed by atoms with E-state index in [9.17, 15) is 18.0 Å². The lowest BCUT2D eigenvalue weighted by Crippen LogP contribution is -2.41. The number of nitrogens with zero attached hydrogens (tertiary/aromatic N) is 2. The summed E-state index contributed by atoms with van der Waals surface area (Å²) in [7, 11) is -3.91. The lowest BCUT2D eigenvalue weighted by atomic mass is 10.2. The molecule has 3 aromatic rings. The highest BCUT2D eigenvalue weighted by Crippen LogP contribution is 2.15. The van der Waals surface area contributed by atoms with Crippen LogP contribution in [0.15, 0.2) is 71.9 Å². The lowest BCUT2D eigenvalue weighted by Gasteiger charge is -2.15. The Balaban J connectivity index is 1.58. The van der Waals surface area contributed by atoms with Crippen LogP contribution in [0, 0.1) is 0 Å². The molecule has 0 saturated heterocycles. The molecule has 0 bridgehead atoms. The fourth-order valence-electron chi connectivity index (χ4n) is 2.80. The maximum Gasteiger partial charge on any atom is 0.242 e. The predicted octanol–water partition coefficient (Wildman–Crippen LogP) is 2.20. The van der Waals surface area contributed by atoms with E-state index in [0.717, 1.165) is 5.56 Å². The summed E-state index contributed by atoms with van der Waals surface area (Å²) < 4.78 is 29.2. The van der Waals surface area contributed by atoms with Gasteiger partial charge in [0.25, 0.3) is 0 Å². The summed E-state index contributed by atoms with van der Waals surface area (Å²) in [5, 5.41) is 9.40. The van der Waals surface area contributed by atoms with E-state index in [1.54, 1.807) is 23.0 Å². The van der Waals surface area contributed by atoms with Crippen LogP contribution in [0.5, 0.6) is 0 Å². The van der Waals surface area contributed by atoms with Gasteiger partial charge in [0.15, 0.2) is 0 Å².